The normalized spacial score (nSPS) is 14.5. The molecule has 1 aliphatic carbocycles. The molecule has 0 aromatic heterocycles. The highest BCUT2D eigenvalue weighted by Gasteiger charge is 2.20. The van der Waals surface area contributed by atoms with Crippen molar-refractivity contribution in [1.82, 2.24) is 0 Å². The molecule has 2 aromatic carbocycles. The van der Waals surface area contributed by atoms with Crippen molar-refractivity contribution in [3.8, 4) is 5.75 Å². The molecule has 2 aromatic rings. The molecule has 132 valence electrons. The highest BCUT2D eigenvalue weighted by molar-refractivity contribution is 5.95. The van der Waals surface area contributed by atoms with Gasteiger partial charge in [0.2, 0.25) is 0 Å². The summed E-state index contributed by atoms with van der Waals surface area (Å²) in [7, 11) is 0. The van der Waals surface area contributed by atoms with E-state index in [1.807, 2.05) is 39.0 Å². The van der Waals surface area contributed by atoms with Gasteiger partial charge in [0, 0.05) is 5.69 Å². The maximum atomic E-state index is 12.6. The van der Waals surface area contributed by atoms with Crippen molar-refractivity contribution in [1.29, 1.82) is 0 Å². The minimum atomic E-state index is -0.484. The van der Waals surface area contributed by atoms with Gasteiger partial charge in [-0.25, -0.2) is 0 Å². The van der Waals surface area contributed by atoms with Crippen LogP contribution in [0.15, 0.2) is 36.4 Å². The molecule has 3 heteroatoms. The maximum absolute atomic E-state index is 12.6. The van der Waals surface area contributed by atoms with Gasteiger partial charge in [0.15, 0.2) is 6.10 Å². The van der Waals surface area contributed by atoms with Crippen LogP contribution in [-0.4, -0.2) is 12.0 Å². The summed E-state index contributed by atoms with van der Waals surface area (Å²) in [5, 5.41) is 3.01. The Bertz CT molecular complexity index is 767. The molecule has 1 N–H and O–H groups in total. The van der Waals surface area contributed by atoms with Gasteiger partial charge in [0.25, 0.3) is 5.91 Å². The average molecular weight is 337 g/mol. The average Bonchev–Trinajstić information content (AvgIpc) is 2.61. The van der Waals surface area contributed by atoms with Crippen LogP contribution in [0.2, 0.25) is 0 Å². The molecule has 0 aliphatic heterocycles. The van der Waals surface area contributed by atoms with Gasteiger partial charge in [-0.05, 0) is 80.8 Å². The van der Waals surface area contributed by atoms with E-state index in [4.69, 9.17) is 4.74 Å². The number of benzene rings is 2. The predicted molar refractivity (Wildman–Crippen MR) is 102 cm³/mol. The Labute approximate surface area is 150 Å². The van der Waals surface area contributed by atoms with Crippen molar-refractivity contribution in [3.63, 3.8) is 0 Å². The van der Waals surface area contributed by atoms with Gasteiger partial charge in [-0.3, -0.25) is 4.79 Å². The van der Waals surface area contributed by atoms with Crippen LogP contribution in [0.25, 0.3) is 0 Å². The first kappa shape index (κ1) is 17.5. The molecule has 0 saturated heterocycles. The third-order valence-corrected chi connectivity index (χ3v) is 4.90. The second kappa shape index (κ2) is 7.73. The van der Waals surface area contributed by atoms with Gasteiger partial charge in [-0.1, -0.05) is 30.7 Å². The SMILES string of the molecule is CC[C@@H](Oc1ccc2c(c1)CCCC2)C(=O)Nc1ccc(C)cc1C. The van der Waals surface area contributed by atoms with Crippen molar-refractivity contribution in [2.75, 3.05) is 5.32 Å². The number of rotatable bonds is 5. The van der Waals surface area contributed by atoms with Crippen molar-refractivity contribution >= 4 is 11.6 Å². The van der Waals surface area contributed by atoms with E-state index in [0.717, 1.165) is 29.8 Å². The second-order valence-corrected chi connectivity index (χ2v) is 6.96. The van der Waals surface area contributed by atoms with Gasteiger partial charge < -0.3 is 10.1 Å². The standard InChI is InChI=1S/C22H27NO2/c1-4-21(22(24)23-20-12-9-15(2)13-16(20)3)25-19-11-10-17-7-5-6-8-18(17)14-19/h9-14,21H,4-8H2,1-3H3,(H,23,24)/t21-/m1/s1. The summed E-state index contributed by atoms with van der Waals surface area (Å²) >= 11 is 0. The molecule has 0 fully saturated rings. The number of carbonyl (C=O) groups excluding carboxylic acids is 1. The predicted octanol–water partition coefficient (Wildman–Crippen LogP) is 4.98. The maximum Gasteiger partial charge on any atom is 0.265 e. The smallest absolute Gasteiger partial charge is 0.265 e. The van der Waals surface area contributed by atoms with E-state index in [2.05, 4.69) is 23.5 Å². The fourth-order valence-electron chi connectivity index (χ4n) is 3.44. The lowest BCUT2D eigenvalue weighted by atomic mass is 9.92. The summed E-state index contributed by atoms with van der Waals surface area (Å²) < 4.78 is 6.02. The van der Waals surface area contributed by atoms with Gasteiger partial charge in [0.05, 0.1) is 0 Å². The van der Waals surface area contributed by atoms with Gasteiger partial charge >= 0.3 is 0 Å². The number of hydrogen-bond donors (Lipinski definition) is 1. The molecule has 1 amide bonds. The minimum absolute atomic E-state index is 0.0906. The van der Waals surface area contributed by atoms with E-state index in [0.29, 0.717) is 6.42 Å². The zero-order chi connectivity index (χ0) is 17.8. The quantitative estimate of drug-likeness (QED) is 0.836. The van der Waals surface area contributed by atoms with Crippen LogP contribution in [0.4, 0.5) is 5.69 Å². The first-order valence-electron chi connectivity index (χ1n) is 9.23. The minimum Gasteiger partial charge on any atom is -0.481 e. The van der Waals surface area contributed by atoms with Crippen molar-refractivity contribution in [2.45, 2.75) is 59.0 Å². The molecule has 25 heavy (non-hydrogen) atoms. The summed E-state index contributed by atoms with van der Waals surface area (Å²) in [5.74, 6) is 0.704. The highest BCUT2D eigenvalue weighted by Crippen LogP contribution is 2.26. The lowest BCUT2D eigenvalue weighted by molar-refractivity contribution is -0.122. The number of nitrogens with one attached hydrogen (secondary N) is 1. The van der Waals surface area contributed by atoms with Crippen LogP contribution >= 0.6 is 0 Å². The van der Waals surface area contributed by atoms with Crippen LogP contribution in [-0.2, 0) is 17.6 Å². The van der Waals surface area contributed by atoms with Crippen LogP contribution in [0.3, 0.4) is 0 Å². The number of anilines is 1. The molecular formula is C22H27NO2. The van der Waals surface area contributed by atoms with E-state index in [1.165, 1.54) is 29.5 Å². The Hall–Kier alpha value is -2.29. The summed E-state index contributed by atoms with van der Waals surface area (Å²) in [5.41, 5.74) is 5.90. The monoisotopic (exact) mass is 337 g/mol. The van der Waals surface area contributed by atoms with E-state index in [9.17, 15) is 4.79 Å². The number of hydrogen-bond acceptors (Lipinski definition) is 2. The summed E-state index contributed by atoms with van der Waals surface area (Å²) in [4.78, 5) is 12.6. The highest BCUT2D eigenvalue weighted by atomic mass is 16.5. The summed E-state index contributed by atoms with van der Waals surface area (Å²) in [6.07, 6.45) is 4.91. The first-order chi connectivity index (χ1) is 12.1. The molecule has 3 rings (SSSR count). The third kappa shape index (κ3) is 4.22. The lowest BCUT2D eigenvalue weighted by Crippen LogP contribution is -2.32. The molecule has 1 atom stereocenters. The third-order valence-electron chi connectivity index (χ3n) is 4.90. The molecule has 0 bridgehead atoms. The number of carbonyl (C=O) groups is 1. The Morgan fingerprint density at radius 2 is 1.84 bits per heavy atom. The van der Waals surface area contributed by atoms with Crippen LogP contribution in [0.1, 0.15) is 48.4 Å². The Balaban J connectivity index is 1.70. The molecule has 0 radical (unpaired) electrons. The summed E-state index contributed by atoms with van der Waals surface area (Å²) in [6, 6.07) is 12.3. The van der Waals surface area contributed by atoms with Crippen molar-refractivity contribution < 1.29 is 9.53 Å². The Morgan fingerprint density at radius 3 is 2.56 bits per heavy atom. The van der Waals surface area contributed by atoms with Gasteiger partial charge in [-0.2, -0.15) is 0 Å². The number of amides is 1. The van der Waals surface area contributed by atoms with Crippen molar-refractivity contribution in [3.05, 3.63) is 58.7 Å². The van der Waals surface area contributed by atoms with E-state index < -0.39 is 6.10 Å². The van der Waals surface area contributed by atoms with E-state index >= 15 is 0 Å². The van der Waals surface area contributed by atoms with Crippen LogP contribution in [0.5, 0.6) is 5.75 Å². The molecule has 0 heterocycles. The largest absolute Gasteiger partial charge is 0.481 e. The molecule has 0 saturated carbocycles. The Kier molecular flexibility index (Phi) is 5.42. The molecular weight excluding hydrogens is 310 g/mol. The fourth-order valence-corrected chi connectivity index (χ4v) is 3.44. The summed E-state index contributed by atoms with van der Waals surface area (Å²) in [6.45, 7) is 6.03. The van der Waals surface area contributed by atoms with Crippen LogP contribution < -0.4 is 10.1 Å². The van der Waals surface area contributed by atoms with E-state index in [1.54, 1.807) is 0 Å². The van der Waals surface area contributed by atoms with Gasteiger partial charge in [-0.15, -0.1) is 0 Å². The number of ether oxygens (including phenoxy) is 1. The second-order valence-electron chi connectivity index (χ2n) is 6.96. The number of fused-ring (bicyclic) bond motifs is 1. The zero-order valence-electron chi connectivity index (χ0n) is 15.4. The lowest BCUT2D eigenvalue weighted by Gasteiger charge is -2.21. The fraction of sp³-hybridized carbons (Fsp3) is 0.409. The number of aryl methyl sites for hydroxylation is 4. The van der Waals surface area contributed by atoms with Crippen LogP contribution in [0, 0.1) is 13.8 Å². The Morgan fingerprint density at radius 1 is 1.08 bits per heavy atom. The molecule has 1 aliphatic rings. The van der Waals surface area contributed by atoms with Gasteiger partial charge in [0.1, 0.15) is 5.75 Å². The van der Waals surface area contributed by atoms with Crippen molar-refractivity contribution in [2.24, 2.45) is 0 Å². The topological polar surface area (TPSA) is 38.3 Å². The molecule has 0 spiro atoms. The van der Waals surface area contributed by atoms with E-state index in [-0.39, 0.29) is 5.91 Å². The molecule has 3 nitrogen and oxygen atoms in total. The first-order valence-corrected chi connectivity index (χ1v) is 9.23. The molecule has 0 unspecified atom stereocenters. The zero-order valence-corrected chi connectivity index (χ0v) is 15.4.